The highest BCUT2D eigenvalue weighted by Crippen LogP contribution is 2.61. The second-order valence-corrected chi connectivity index (χ2v) is 4.90. The van der Waals surface area contributed by atoms with Gasteiger partial charge in [-0.2, -0.15) is 35.1 Å². The summed E-state index contributed by atoms with van der Waals surface area (Å²) >= 11 is 0. The summed E-state index contributed by atoms with van der Waals surface area (Å²) in [5.41, 5.74) is 0. The van der Waals surface area contributed by atoms with Gasteiger partial charge in [-0.15, -0.1) is 0 Å². The number of hydrogen-bond donors (Lipinski definition) is 1. The third kappa shape index (κ3) is 2.53. The molecule has 2 aliphatic heterocycles. The smallest absolute Gasteiger partial charge is 0.332 e. The van der Waals surface area contributed by atoms with Gasteiger partial charge in [0.2, 0.25) is 6.29 Å². The number of ether oxygens (including phenoxy) is 4. The molecule has 0 radical (unpaired) electrons. The quantitative estimate of drug-likeness (QED) is 0.758. The van der Waals surface area contributed by atoms with Gasteiger partial charge in [0.05, 0.1) is 0 Å². The fraction of sp³-hybridized carbons (Fsp3) is 1.00. The molecular weight excluding hydrogens is 378 g/mol. The average molecular weight is 384 g/mol. The van der Waals surface area contributed by atoms with Crippen molar-refractivity contribution in [2.75, 3.05) is 0 Å². The summed E-state index contributed by atoms with van der Waals surface area (Å²) in [6, 6.07) is 0. The van der Waals surface area contributed by atoms with Crippen LogP contribution in [0, 0.1) is 0 Å². The number of alkyl halides is 10. The van der Waals surface area contributed by atoms with Gasteiger partial charge in [-0.3, -0.25) is 18.9 Å². The molecule has 0 aromatic rings. The van der Waals surface area contributed by atoms with E-state index in [0.717, 1.165) is 0 Å². The molecule has 142 valence electrons. The van der Waals surface area contributed by atoms with Crippen LogP contribution in [0.5, 0.6) is 0 Å². The average Bonchev–Trinajstić information content (AvgIpc) is 2.72. The predicted octanol–water partition coefficient (Wildman–Crippen LogP) is 2.49. The van der Waals surface area contributed by atoms with Crippen molar-refractivity contribution in [2.24, 2.45) is 0 Å². The first-order chi connectivity index (χ1) is 10.4. The molecule has 4 unspecified atom stereocenters. The van der Waals surface area contributed by atoms with Gasteiger partial charge in [-0.25, -0.2) is 8.78 Å². The lowest BCUT2D eigenvalue weighted by molar-refractivity contribution is -0.429. The highest BCUT2D eigenvalue weighted by molar-refractivity contribution is 5.05. The number of halogens is 10. The van der Waals surface area contributed by atoms with Crippen molar-refractivity contribution in [3.63, 3.8) is 0 Å². The normalized spacial score (nSPS) is 42.5. The molecule has 2 aliphatic rings. The number of aliphatic hydroxyl groups is 1. The zero-order valence-electron chi connectivity index (χ0n) is 11.0. The van der Waals surface area contributed by atoms with Crippen molar-refractivity contribution in [3.05, 3.63) is 0 Å². The highest BCUT2D eigenvalue weighted by atomic mass is 19.3. The lowest BCUT2D eigenvalue weighted by Gasteiger charge is -2.34. The van der Waals surface area contributed by atoms with Gasteiger partial charge in [0, 0.05) is 6.92 Å². The Kier molecular flexibility index (Phi) is 3.92. The van der Waals surface area contributed by atoms with E-state index in [2.05, 4.69) is 18.9 Å². The zero-order chi connectivity index (χ0) is 19.0. The van der Waals surface area contributed by atoms with Crippen LogP contribution in [-0.2, 0) is 18.9 Å². The molecule has 2 saturated heterocycles. The Morgan fingerprint density at radius 2 is 1.04 bits per heavy atom. The highest BCUT2D eigenvalue weighted by Gasteiger charge is 2.90. The third-order valence-corrected chi connectivity index (χ3v) is 2.91. The van der Waals surface area contributed by atoms with Gasteiger partial charge in [0.1, 0.15) is 0 Å². The van der Waals surface area contributed by atoms with Crippen LogP contribution in [0.3, 0.4) is 0 Å². The Bertz CT molecular complexity index is 472. The molecule has 0 amide bonds. The van der Waals surface area contributed by atoms with E-state index in [0.29, 0.717) is 0 Å². The summed E-state index contributed by atoms with van der Waals surface area (Å²) in [5.74, 6) is -16.1. The number of rotatable bonds is 3. The summed E-state index contributed by atoms with van der Waals surface area (Å²) in [6.07, 6.45) is -24.7. The first-order valence-electron chi connectivity index (χ1n) is 5.70. The van der Waals surface area contributed by atoms with Crippen molar-refractivity contribution >= 4 is 0 Å². The van der Waals surface area contributed by atoms with E-state index >= 15 is 0 Å². The zero-order valence-corrected chi connectivity index (χ0v) is 11.0. The van der Waals surface area contributed by atoms with Crippen LogP contribution in [0.1, 0.15) is 6.92 Å². The molecule has 0 aliphatic carbocycles. The summed E-state index contributed by atoms with van der Waals surface area (Å²) < 4.78 is 145. The van der Waals surface area contributed by atoms with Crippen molar-refractivity contribution in [3.8, 4) is 0 Å². The van der Waals surface area contributed by atoms with E-state index in [1.807, 2.05) is 0 Å². The van der Waals surface area contributed by atoms with Crippen LogP contribution < -0.4 is 0 Å². The van der Waals surface area contributed by atoms with Gasteiger partial charge >= 0.3 is 30.0 Å². The lowest BCUT2D eigenvalue weighted by Crippen LogP contribution is -2.65. The monoisotopic (exact) mass is 384 g/mol. The molecule has 5 nitrogen and oxygen atoms in total. The maximum atomic E-state index is 14.2. The fourth-order valence-corrected chi connectivity index (χ4v) is 1.78. The Hall–Kier alpha value is -0.900. The second kappa shape index (κ2) is 4.84. The largest absolute Gasteiger partial charge is 0.423 e. The second-order valence-electron chi connectivity index (χ2n) is 4.90. The van der Waals surface area contributed by atoms with Crippen LogP contribution in [0.2, 0.25) is 0 Å². The van der Waals surface area contributed by atoms with Crippen molar-refractivity contribution in [2.45, 2.75) is 55.5 Å². The van der Waals surface area contributed by atoms with E-state index in [-0.39, 0.29) is 6.92 Å². The van der Waals surface area contributed by atoms with E-state index in [1.165, 1.54) is 0 Å². The minimum Gasteiger partial charge on any atom is -0.332 e. The Morgan fingerprint density at radius 1 is 0.708 bits per heavy atom. The maximum Gasteiger partial charge on any atom is 0.423 e. The molecule has 24 heavy (non-hydrogen) atoms. The molecule has 0 saturated carbocycles. The molecule has 0 aromatic heterocycles. The van der Waals surface area contributed by atoms with Gasteiger partial charge in [0.25, 0.3) is 12.2 Å². The fourth-order valence-electron chi connectivity index (χ4n) is 1.78. The first-order valence-corrected chi connectivity index (χ1v) is 5.70. The molecule has 0 aromatic carbocycles. The van der Waals surface area contributed by atoms with Gasteiger partial charge in [-0.05, 0) is 0 Å². The van der Waals surface area contributed by atoms with E-state index in [4.69, 9.17) is 5.11 Å². The molecule has 4 atom stereocenters. The third-order valence-electron chi connectivity index (χ3n) is 2.91. The molecule has 15 heteroatoms. The molecular formula is C9H6F10O5. The summed E-state index contributed by atoms with van der Waals surface area (Å²) in [7, 11) is 0. The van der Waals surface area contributed by atoms with Crippen LogP contribution in [0.25, 0.3) is 0 Å². The van der Waals surface area contributed by atoms with Crippen LogP contribution >= 0.6 is 0 Å². The Labute approximate surface area is 125 Å². The van der Waals surface area contributed by atoms with Crippen molar-refractivity contribution in [1.29, 1.82) is 0 Å². The standard InChI is InChI=1S/C9H6F10O5/c1-4(10,11)2-21-6(14,8(16,17)23-2)7(15)9(18,19)24-3(22-7)5(12,13)20/h2-3,20H,1H3. The lowest BCUT2D eigenvalue weighted by atomic mass is 10.1. The van der Waals surface area contributed by atoms with E-state index < -0.39 is 48.5 Å². The van der Waals surface area contributed by atoms with Crippen molar-refractivity contribution < 1.29 is 68.0 Å². The SMILES string of the molecule is CC(F)(F)C1OC(F)(F)C(F)(C2(F)OC(C(O)(F)F)OC2(F)F)O1. The van der Waals surface area contributed by atoms with E-state index in [9.17, 15) is 43.9 Å². The minimum atomic E-state index is -5.91. The molecule has 0 bridgehead atoms. The molecule has 0 spiro atoms. The summed E-state index contributed by atoms with van der Waals surface area (Å²) in [6.45, 7) is -0.167. The maximum absolute atomic E-state index is 14.2. The topological polar surface area (TPSA) is 57.2 Å². The number of hydrogen-bond acceptors (Lipinski definition) is 5. The van der Waals surface area contributed by atoms with Crippen LogP contribution in [0.15, 0.2) is 0 Å². The van der Waals surface area contributed by atoms with Gasteiger partial charge < -0.3 is 5.11 Å². The van der Waals surface area contributed by atoms with Crippen molar-refractivity contribution in [1.82, 2.24) is 0 Å². The first kappa shape index (κ1) is 19.4. The molecule has 2 heterocycles. The van der Waals surface area contributed by atoms with Crippen LogP contribution in [-0.4, -0.2) is 53.6 Å². The predicted molar refractivity (Wildman–Crippen MR) is 47.3 cm³/mol. The summed E-state index contributed by atoms with van der Waals surface area (Å²) in [5, 5.41) is 8.13. The van der Waals surface area contributed by atoms with Crippen LogP contribution in [0.4, 0.5) is 43.9 Å². The van der Waals surface area contributed by atoms with E-state index in [1.54, 1.807) is 0 Å². The molecule has 1 N–H and O–H groups in total. The van der Waals surface area contributed by atoms with Gasteiger partial charge in [0.15, 0.2) is 0 Å². The molecule has 2 fully saturated rings. The summed E-state index contributed by atoms with van der Waals surface area (Å²) in [4.78, 5) is 0. The Morgan fingerprint density at radius 3 is 1.29 bits per heavy atom. The minimum absolute atomic E-state index is 0.167. The Balaban J connectivity index is 2.47. The van der Waals surface area contributed by atoms with Gasteiger partial charge in [-0.1, -0.05) is 0 Å². The molecule has 2 rings (SSSR count).